The number of amides is 1. The second-order valence-corrected chi connectivity index (χ2v) is 4.35. The number of hydrogen-bond donors (Lipinski definition) is 0. The Morgan fingerprint density at radius 2 is 2.00 bits per heavy atom. The third kappa shape index (κ3) is 2.50. The molecule has 0 aliphatic heterocycles. The van der Waals surface area contributed by atoms with E-state index in [2.05, 4.69) is 5.10 Å². The van der Waals surface area contributed by atoms with E-state index in [4.69, 9.17) is 0 Å². The lowest BCUT2D eigenvalue weighted by Crippen LogP contribution is -2.26. The van der Waals surface area contributed by atoms with Gasteiger partial charge in [0.05, 0.1) is 23.1 Å². The lowest BCUT2D eigenvalue weighted by atomic mass is 10.2. The summed E-state index contributed by atoms with van der Waals surface area (Å²) in [5.74, 6) is -0.357. The topological polar surface area (TPSA) is 38.1 Å². The van der Waals surface area contributed by atoms with Crippen LogP contribution >= 0.6 is 0 Å². The molecule has 0 N–H and O–H groups in total. The van der Waals surface area contributed by atoms with Gasteiger partial charge in [0, 0.05) is 13.6 Å². The second-order valence-electron chi connectivity index (χ2n) is 4.35. The molecular formula is C14H16FN3O. The molecule has 0 bridgehead atoms. The fraction of sp³-hybridized carbons (Fsp3) is 0.286. The van der Waals surface area contributed by atoms with E-state index in [0.29, 0.717) is 12.1 Å². The van der Waals surface area contributed by atoms with Crippen LogP contribution in [-0.2, 0) is 0 Å². The number of hydrogen-bond acceptors (Lipinski definition) is 2. The summed E-state index contributed by atoms with van der Waals surface area (Å²) in [5.41, 5.74) is 2.04. The Labute approximate surface area is 111 Å². The maximum absolute atomic E-state index is 12.9. The molecule has 1 aromatic carbocycles. The fourth-order valence-electron chi connectivity index (χ4n) is 1.81. The van der Waals surface area contributed by atoms with Crippen LogP contribution in [0.1, 0.15) is 23.0 Å². The largest absolute Gasteiger partial charge is 0.342 e. The molecule has 2 rings (SSSR count). The predicted molar refractivity (Wildman–Crippen MR) is 70.9 cm³/mol. The van der Waals surface area contributed by atoms with Gasteiger partial charge >= 0.3 is 0 Å². The Kier molecular flexibility index (Phi) is 3.64. The van der Waals surface area contributed by atoms with E-state index in [1.165, 1.54) is 12.1 Å². The van der Waals surface area contributed by atoms with E-state index < -0.39 is 0 Å². The van der Waals surface area contributed by atoms with Gasteiger partial charge in [-0.05, 0) is 38.1 Å². The standard InChI is InChI=1S/C14H16FN3O/c1-4-17(3)14(19)13-9-16-18(10(13)2)12-7-5-11(15)6-8-12/h5-9H,4H2,1-3H3. The normalized spacial score (nSPS) is 10.5. The zero-order valence-electron chi connectivity index (χ0n) is 11.2. The Bertz CT molecular complexity index is 589. The molecule has 100 valence electrons. The van der Waals surface area contributed by atoms with Crippen LogP contribution in [0.5, 0.6) is 0 Å². The van der Waals surface area contributed by atoms with Crippen molar-refractivity contribution in [3.63, 3.8) is 0 Å². The highest BCUT2D eigenvalue weighted by Crippen LogP contribution is 2.15. The molecule has 2 aromatic rings. The van der Waals surface area contributed by atoms with Gasteiger partial charge in [-0.3, -0.25) is 4.79 Å². The number of rotatable bonds is 3. The molecule has 19 heavy (non-hydrogen) atoms. The molecule has 0 radical (unpaired) electrons. The minimum atomic E-state index is -0.296. The van der Waals surface area contributed by atoms with Crippen molar-refractivity contribution in [2.24, 2.45) is 0 Å². The van der Waals surface area contributed by atoms with Crippen molar-refractivity contribution in [1.82, 2.24) is 14.7 Å². The Morgan fingerprint density at radius 1 is 1.37 bits per heavy atom. The van der Waals surface area contributed by atoms with Crippen molar-refractivity contribution in [1.29, 1.82) is 0 Å². The summed E-state index contributed by atoms with van der Waals surface area (Å²) in [5, 5.41) is 4.20. The number of halogens is 1. The van der Waals surface area contributed by atoms with Crippen molar-refractivity contribution in [3.05, 3.63) is 47.5 Å². The molecule has 0 aliphatic rings. The van der Waals surface area contributed by atoms with Gasteiger partial charge < -0.3 is 4.90 Å². The average Bonchev–Trinajstić information content (AvgIpc) is 2.80. The molecule has 1 heterocycles. The number of aromatic nitrogens is 2. The lowest BCUT2D eigenvalue weighted by molar-refractivity contribution is 0.0801. The zero-order valence-corrected chi connectivity index (χ0v) is 11.2. The maximum Gasteiger partial charge on any atom is 0.257 e. The summed E-state index contributed by atoms with van der Waals surface area (Å²) in [6.45, 7) is 4.38. The van der Waals surface area contributed by atoms with E-state index in [9.17, 15) is 9.18 Å². The fourth-order valence-corrected chi connectivity index (χ4v) is 1.81. The van der Waals surface area contributed by atoms with E-state index in [0.717, 1.165) is 11.4 Å². The Hall–Kier alpha value is -2.17. The summed E-state index contributed by atoms with van der Waals surface area (Å²) < 4.78 is 14.5. The molecule has 5 heteroatoms. The van der Waals surface area contributed by atoms with Gasteiger partial charge in [-0.2, -0.15) is 5.10 Å². The summed E-state index contributed by atoms with van der Waals surface area (Å²) >= 11 is 0. The number of nitrogens with zero attached hydrogens (tertiary/aromatic N) is 3. The number of benzene rings is 1. The average molecular weight is 261 g/mol. The lowest BCUT2D eigenvalue weighted by Gasteiger charge is -2.14. The summed E-state index contributed by atoms with van der Waals surface area (Å²) in [6.07, 6.45) is 1.55. The zero-order chi connectivity index (χ0) is 14.0. The van der Waals surface area contributed by atoms with E-state index >= 15 is 0 Å². The van der Waals surface area contributed by atoms with Gasteiger partial charge in [0.15, 0.2) is 0 Å². The van der Waals surface area contributed by atoms with Crippen LogP contribution in [0, 0.1) is 12.7 Å². The first-order chi connectivity index (χ1) is 9.04. The van der Waals surface area contributed by atoms with Gasteiger partial charge in [-0.1, -0.05) is 0 Å². The van der Waals surface area contributed by atoms with Crippen molar-refractivity contribution in [2.75, 3.05) is 13.6 Å². The van der Waals surface area contributed by atoms with E-state index in [-0.39, 0.29) is 11.7 Å². The smallest absolute Gasteiger partial charge is 0.257 e. The Balaban J connectivity index is 2.38. The van der Waals surface area contributed by atoms with E-state index in [1.807, 2.05) is 13.8 Å². The van der Waals surface area contributed by atoms with Gasteiger partial charge in [0.1, 0.15) is 5.82 Å². The molecule has 1 amide bonds. The first-order valence-corrected chi connectivity index (χ1v) is 6.10. The third-order valence-corrected chi connectivity index (χ3v) is 3.13. The monoisotopic (exact) mass is 261 g/mol. The van der Waals surface area contributed by atoms with Crippen LogP contribution in [0.3, 0.4) is 0 Å². The SMILES string of the molecule is CCN(C)C(=O)c1cnn(-c2ccc(F)cc2)c1C. The van der Waals surface area contributed by atoms with Crippen LogP contribution in [0.15, 0.2) is 30.5 Å². The molecule has 0 saturated heterocycles. The molecular weight excluding hydrogens is 245 g/mol. The van der Waals surface area contributed by atoms with Crippen molar-refractivity contribution in [2.45, 2.75) is 13.8 Å². The van der Waals surface area contributed by atoms with Gasteiger partial charge in [0.2, 0.25) is 0 Å². The van der Waals surface area contributed by atoms with Gasteiger partial charge in [0.25, 0.3) is 5.91 Å². The van der Waals surface area contributed by atoms with Crippen molar-refractivity contribution >= 4 is 5.91 Å². The summed E-state index contributed by atoms with van der Waals surface area (Å²) in [4.78, 5) is 13.7. The Morgan fingerprint density at radius 3 is 2.58 bits per heavy atom. The highest BCUT2D eigenvalue weighted by atomic mass is 19.1. The first kappa shape index (κ1) is 13.3. The third-order valence-electron chi connectivity index (χ3n) is 3.13. The highest BCUT2D eigenvalue weighted by molar-refractivity contribution is 5.95. The van der Waals surface area contributed by atoms with E-state index in [1.54, 1.807) is 35.0 Å². The quantitative estimate of drug-likeness (QED) is 0.851. The number of carbonyl (C=O) groups is 1. The molecule has 1 aromatic heterocycles. The van der Waals surface area contributed by atoms with Gasteiger partial charge in [-0.15, -0.1) is 0 Å². The minimum absolute atomic E-state index is 0.0617. The molecule has 0 fully saturated rings. The predicted octanol–water partition coefficient (Wildman–Crippen LogP) is 2.41. The van der Waals surface area contributed by atoms with Crippen LogP contribution in [0.25, 0.3) is 5.69 Å². The minimum Gasteiger partial charge on any atom is -0.342 e. The highest BCUT2D eigenvalue weighted by Gasteiger charge is 2.17. The van der Waals surface area contributed by atoms with Crippen molar-refractivity contribution in [3.8, 4) is 5.69 Å². The summed E-state index contributed by atoms with van der Waals surface area (Å²) in [6, 6.07) is 6.01. The molecule has 0 aliphatic carbocycles. The van der Waals surface area contributed by atoms with Crippen LogP contribution < -0.4 is 0 Å². The van der Waals surface area contributed by atoms with Crippen LogP contribution in [0.4, 0.5) is 4.39 Å². The molecule has 0 unspecified atom stereocenters. The van der Waals surface area contributed by atoms with Crippen LogP contribution in [-0.4, -0.2) is 34.2 Å². The summed E-state index contributed by atoms with van der Waals surface area (Å²) in [7, 11) is 1.75. The number of carbonyl (C=O) groups excluding carboxylic acids is 1. The first-order valence-electron chi connectivity index (χ1n) is 6.10. The van der Waals surface area contributed by atoms with Crippen molar-refractivity contribution < 1.29 is 9.18 Å². The van der Waals surface area contributed by atoms with Gasteiger partial charge in [-0.25, -0.2) is 9.07 Å². The molecule has 4 nitrogen and oxygen atoms in total. The van der Waals surface area contributed by atoms with Crippen LogP contribution in [0.2, 0.25) is 0 Å². The molecule has 0 atom stereocenters. The molecule has 0 saturated carbocycles. The second kappa shape index (κ2) is 5.22. The molecule has 0 spiro atoms. The maximum atomic E-state index is 12.9.